The van der Waals surface area contributed by atoms with Crippen molar-refractivity contribution in [1.29, 1.82) is 0 Å². The molecule has 18 heavy (non-hydrogen) atoms. The van der Waals surface area contributed by atoms with E-state index in [1.807, 2.05) is 4.68 Å². The van der Waals surface area contributed by atoms with Crippen LogP contribution in [0.25, 0.3) is 5.69 Å². The molecule has 1 heterocycles. The maximum atomic E-state index is 5.88. The molecule has 0 spiro atoms. The fraction of sp³-hybridized carbons (Fsp3) is 0.385. The van der Waals surface area contributed by atoms with Gasteiger partial charge in [-0.25, -0.2) is 4.68 Å². The lowest BCUT2D eigenvalue weighted by molar-refractivity contribution is 0.715. The summed E-state index contributed by atoms with van der Waals surface area (Å²) < 4.78 is 2.96. The number of anilines is 1. The first-order chi connectivity index (χ1) is 8.41. The van der Waals surface area contributed by atoms with Crippen molar-refractivity contribution in [3.8, 4) is 5.69 Å². The van der Waals surface area contributed by atoms with E-state index in [0.717, 1.165) is 15.9 Å². The van der Waals surface area contributed by atoms with E-state index in [1.54, 1.807) is 0 Å². The SMILES string of the molecule is Cc1cc(-n2nnc(N)c2C(C)C)cc(C)c1Br. The van der Waals surface area contributed by atoms with Crippen molar-refractivity contribution in [2.24, 2.45) is 0 Å². The molecule has 0 atom stereocenters. The first kappa shape index (κ1) is 13.1. The predicted molar refractivity (Wildman–Crippen MR) is 77.0 cm³/mol. The molecule has 2 rings (SSSR count). The van der Waals surface area contributed by atoms with Crippen LogP contribution in [0, 0.1) is 13.8 Å². The van der Waals surface area contributed by atoms with Crippen molar-refractivity contribution >= 4 is 21.7 Å². The lowest BCUT2D eigenvalue weighted by Crippen LogP contribution is -2.06. The van der Waals surface area contributed by atoms with Crippen LogP contribution in [0.1, 0.15) is 36.6 Å². The third-order valence-electron chi connectivity index (χ3n) is 2.95. The molecule has 96 valence electrons. The van der Waals surface area contributed by atoms with Crippen LogP contribution >= 0.6 is 15.9 Å². The fourth-order valence-corrected chi connectivity index (χ4v) is 2.31. The van der Waals surface area contributed by atoms with Gasteiger partial charge in [-0.05, 0) is 43.0 Å². The maximum absolute atomic E-state index is 5.88. The molecule has 1 aromatic heterocycles. The van der Waals surface area contributed by atoms with Crippen LogP contribution in [-0.4, -0.2) is 15.0 Å². The largest absolute Gasteiger partial charge is 0.381 e. The summed E-state index contributed by atoms with van der Waals surface area (Å²) in [4.78, 5) is 0. The molecule has 5 heteroatoms. The molecule has 0 saturated heterocycles. The van der Waals surface area contributed by atoms with Gasteiger partial charge in [0.2, 0.25) is 0 Å². The molecule has 2 aromatic rings. The normalized spacial score (nSPS) is 11.2. The molecule has 0 aliphatic heterocycles. The highest BCUT2D eigenvalue weighted by Gasteiger charge is 2.16. The van der Waals surface area contributed by atoms with E-state index >= 15 is 0 Å². The molecule has 0 amide bonds. The minimum atomic E-state index is 0.282. The van der Waals surface area contributed by atoms with Crippen LogP contribution in [0.3, 0.4) is 0 Å². The Hall–Kier alpha value is -1.36. The van der Waals surface area contributed by atoms with Gasteiger partial charge in [-0.1, -0.05) is 35.0 Å². The van der Waals surface area contributed by atoms with Crippen molar-refractivity contribution in [1.82, 2.24) is 15.0 Å². The van der Waals surface area contributed by atoms with Crippen molar-refractivity contribution in [2.75, 3.05) is 5.73 Å². The van der Waals surface area contributed by atoms with Gasteiger partial charge in [0.05, 0.1) is 11.4 Å². The summed E-state index contributed by atoms with van der Waals surface area (Å²) in [5, 5.41) is 8.12. The highest BCUT2D eigenvalue weighted by molar-refractivity contribution is 9.10. The molecule has 4 nitrogen and oxygen atoms in total. The van der Waals surface area contributed by atoms with Crippen molar-refractivity contribution < 1.29 is 0 Å². The molecular weight excluding hydrogens is 292 g/mol. The lowest BCUT2D eigenvalue weighted by atomic mass is 10.1. The van der Waals surface area contributed by atoms with Crippen molar-refractivity contribution in [2.45, 2.75) is 33.6 Å². The predicted octanol–water partition coefficient (Wildman–Crippen LogP) is 3.35. The first-order valence-corrected chi connectivity index (χ1v) is 6.69. The minimum Gasteiger partial charge on any atom is -0.381 e. The van der Waals surface area contributed by atoms with Gasteiger partial charge in [0.1, 0.15) is 0 Å². The highest BCUT2D eigenvalue weighted by atomic mass is 79.9. The Kier molecular flexibility index (Phi) is 3.43. The second-order valence-electron chi connectivity index (χ2n) is 4.82. The molecule has 2 N–H and O–H groups in total. The van der Waals surface area contributed by atoms with E-state index in [4.69, 9.17) is 5.73 Å². The average molecular weight is 309 g/mol. The van der Waals surface area contributed by atoms with Gasteiger partial charge < -0.3 is 5.73 Å². The zero-order chi connectivity index (χ0) is 13.4. The molecule has 1 aromatic carbocycles. The topological polar surface area (TPSA) is 56.7 Å². The quantitative estimate of drug-likeness (QED) is 0.925. The van der Waals surface area contributed by atoms with Gasteiger partial charge in [-0.3, -0.25) is 0 Å². The molecule has 0 aliphatic rings. The van der Waals surface area contributed by atoms with Crippen LogP contribution in [0.15, 0.2) is 16.6 Å². The number of benzene rings is 1. The van der Waals surface area contributed by atoms with E-state index in [0.29, 0.717) is 5.82 Å². The summed E-state index contributed by atoms with van der Waals surface area (Å²) >= 11 is 3.57. The third kappa shape index (κ3) is 2.14. The Morgan fingerprint density at radius 1 is 1.22 bits per heavy atom. The lowest BCUT2D eigenvalue weighted by Gasteiger charge is -2.12. The van der Waals surface area contributed by atoms with Gasteiger partial charge >= 0.3 is 0 Å². The van der Waals surface area contributed by atoms with Crippen LogP contribution in [0.5, 0.6) is 0 Å². The maximum Gasteiger partial charge on any atom is 0.169 e. The average Bonchev–Trinajstić information content (AvgIpc) is 2.67. The van der Waals surface area contributed by atoms with Crippen LogP contribution in [0.2, 0.25) is 0 Å². The van der Waals surface area contributed by atoms with E-state index in [-0.39, 0.29) is 5.92 Å². The van der Waals surface area contributed by atoms with E-state index < -0.39 is 0 Å². The summed E-state index contributed by atoms with van der Waals surface area (Å²) in [6, 6.07) is 4.16. The number of hydrogen-bond donors (Lipinski definition) is 1. The second kappa shape index (κ2) is 4.72. The Balaban J connectivity index is 2.63. The zero-order valence-corrected chi connectivity index (χ0v) is 12.6. The standard InChI is InChI=1S/C13H17BrN4/c1-7(2)12-13(15)16-17-18(12)10-5-8(3)11(14)9(4)6-10/h5-7H,15H2,1-4H3. The van der Waals surface area contributed by atoms with E-state index in [2.05, 4.69) is 66.1 Å². The molecule has 0 aliphatic carbocycles. The summed E-state index contributed by atoms with van der Waals surface area (Å²) in [5.41, 5.74) is 10.2. The van der Waals surface area contributed by atoms with Crippen molar-refractivity contribution in [3.63, 3.8) is 0 Å². The number of hydrogen-bond acceptors (Lipinski definition) is 3. The van der Waals surface area contributed by atoms with Gasteiger partial charge in [0.15, 0.2) is 5.82 Å². The van der Waals surface area contributed by atoms with Gasteiger partial charge in [-0.2, -0.15) is 0 Å². The third-order valence-corrected chi connectivity index (χ3v) is 4.20. The summed E-state index contributed by atoms with van der Waals surface area (Å²) in [7, 11) is 0. The first-order valence-electron chi connectivity index (χ1n) is 5.90. The summed E-state index contributed by atoms with van der Waals surface area (Å²) in [6.45, 7) is 8.31. The fourth-order valence-electron chi connectivity index (χ4n) is 2.08. The number of halogens is 1. The van der Waals surface area contributed by atoms with Gasteiger partial charge in [0.25, 0.3) is 0 Å². The summed E-state index contributed by atoms with van der Waals surface area (Å²) in [5.74, 6) is 0.785. The second-order valence-corrected chi connectivity index (χ2v) is 5.61. The number of aryl methyl sites for hydroxylation is 2. The van der Waals surface area contributed by atoms with Gasteiger partial charge in [0, 0.05) is 4.47 Å². The van der Waals surface area contributed by atoms with Crippen LogP contribution < -0.4 is 5.73 Å². The number of nitrogen functional groups attached to an aromatic ring is 1. The Morgan fingerprint density at radius 3 is 2.28 bits per heavy atom. The minimum absolute atomic E-state index is 0.282. The number of nitrogens with zero attached hydrogens (tertiary/aromatic N) is 3. The smallest absolute Gasteiger partial charge is 0.169 e. The molecule has 0 fully saturated rings. The zero-order valence-electron chi connectivity index (χ0n) is 11.0. The van der Waals surface area contributed by atoms with Crippen LogP contribution in [-0.2, 0) is 0 Å². The Bertz CT molecular complexity index is 564. The van der Waals surface area contributed by atoms with Crippen molar-refractivity contribution in [3.05, 3.63) is 33.4 Å². The molecule has 0 radical (unpaired) electrons. The van der Waals surface area contributed by atoms with Crippen LogP contribution in [0.4, 0.5) is 5.82 Å². The Labute approximate surface area is 115 Å². The number of rotatable bonds is 2. The monoisotopic (exact) mass is 308 g/mol. The van der Waals surface area contributed by atoms with E-state index in [9.17, 15) is 0 Å². The van der Waals surface area contributed by atoms with E-state index in [1.165, 1.54) is 11.1 Å². The Morgan fingerprint density at radius 2 is 1.78 bits per heavy atom. The molecular formula is C13H17BrN4. The molecule has 0 saturated carbocycles. The summed E-state index contributed by atoms with van der Waals surface area (Å²) in [6.07, 6.45) is 0. The number of aromatic nitrogens is 3. The number of nitrogens with two attached hydrogens (primary N) is 1. The molecule has 0 bridgehead atoms. The molecule has 0 unspecified atom stereocenters. The highest BCUT2D eigenvalue weighted by Crippen LogP contribution is 2.27. The van der Waals surface area contributed by atoms with Gasteiger partial charge in [-0.15, -0.1) is 5.10 Å².